The van der Waals surface area contributed by atoms with Gasteiger partial charge in [0.25, 0.3) is 0 Å². The van der Waals surface area contributed by atoms with Crippen molar-refractivity contribution in [3.05, 3.63) is 58.1 Å². The van der Waals surface area contributed by atoms with E-state index in [9.17, 15) is 9.59 Å². The smallest absolute Gasteiger partial charge is 0.196 e. The van der Waals surface area contributed by atoms with E-state index in [1.54, 1.807) is 31.4 Å². The molecule has 0 atom stereocenters. The van der Waals surface area contributed by atoms with Crippen LogP contribution in [-0.2, 0) is 4.74 Å². The minimum Gasteiger partial charge on any atom is -0.398 e. The Morgan fingerprint density at radius 1 is 1.00 bits per heavy atom. The van der Waals surface area contributed by atoms with Crippen LogP contribution in [0.15, 0.2) is 30.3 Å². The fraction of sp³-hybridized carbons (Fsp3) is 0.364. The van der Waals surface area contributed by atoms with E-state index in [0.717, 1.165) is 31.2 Å². The van der Waals surface area contributed by atoms with Gasteiger partial charge in [-0.25, -0.2) is 0 Å². The lowest BCUT2D eigenvalue weighted by molar-refractivity contribution is 0.0681. The maximum atomic E-state index is 13.2. The fourth-order valence-corrected chi connectivity index (χ4v) is 4.23. The first-order valence-corrected chi connectivity index (χ1v) is 9.42. The van der Waals surface area contributed by atoms with Crippen molar-refractivity contribution >= 4 is 22.9 Å². The van der Waals surface area contributed by atoms with Crippen molar-refractivity contribution in [2.75, 3.05) is 18.2 Å². The molecule has 1 saturated carbocycles. The van der Waals surface area contributed by atoms with E-state index in [-0.39, 0.29) is 17.6 Å². The third-order valence-corrected chi connectivity index (χ3v) is 5.81. The van der Waals surface area contributed by atoms with Crippen LogP contribution in [0.25, 0.3) is 0 Å². The maximum Gasteiger partial charge on any atom is 0.196 e. The molecule has 0 bridgehead atoms. The van der Waals surface area contributed by atoms with Crippen molar-refractivity contribution in [3.8, 4) is 0 Å². The van der Waals surface area contributed by atoms with Gasteiger partial charge in [0.15, 0.2) is 11.6 Å². The molecule has 2 aliphatic carbocycles. The van der Waals surface area contributed by atoms with Crippen LogP contribution in [-0.4, -0.2) is 30.8 Å². The molecule has 0 spiro atoms. The van der Waals surface area contributed by atoms with Gasteiger partial charge < -0.3 is 15.8 Å². The van der Waals surface area contributed by atoms with E-state index in [0.29, 0.717) is 39.7 Å². The van der Waals surface area contributed by atoms with E-state index in [4.69, 9.17) is 10.5 Å². The summed E-state index contributed by atoms with van der Waals surface area (Å²) in [5.74, 6) is -0.312. The van der Waals surface area contributed by atoms with Crippen LogP contribution in [0.3, 0.4) is 0 Å². The molecule has 0 amide bonds. The lowest BCUT2D eigenvalue weighted by Gasteiger charge is -2.31. The highest BCUT2D eigenvalue weighted by molar-refractivity contribution is 6.32. The quantitative estimate of drug-likeness (QED) is 0.692. The Bertz CT molecular complexity index is 927. The van der Waals surface area contributed by atoms with Crippen LogP contribution in [0.2, 0.25) is 0 Å². The molecule has 140 valence electrons. The second kappa shape index (κ2) is 6.82. The van der Waals surface area contributed by atoms with Crippen molar-refractivity contribution in [2.45, 2.75) is 44.8 Å². The number of methoxy groups -OCH3 is 1. The van der Waals surface area contributed by atoms with E-state index >= 15 is 0 Å². The Morgan fingerprint density at radius 2 is 1.59 bits per heavy atom. The number of hydrogen-bond acceptors (Lipinski definition) is 5. The molecule has 1 fully saturated rings. The summed E-state index contributed by atoms with van der Waals surface area (Å²) in [6, 6.07) is 9.11. The van der Waals surface area contributed by atoms with Gasteiger partial charge in [-0.15, -0.1) is 0 Å². The number of nitrogens with two attached hydrogens (primary N) is 1. The van der Waals surface area contributed by atoms with Crippen LogP contribution in [0.5, 0.6) is 0 Å². The molecule has 5 nitrogen and oxygen atoms in total. The van der Waals surface area contributed by atoms with Crippen LogP contribution >= 0.6 is 0 Å². The molecule has 3 N–H and O–H groups in total. The normalized spacial score (nSPS) is 21.6. The van der Waals surface area contributed by atoms with Gasteiger partial charge in [0.2, 0.25) is 0 Å². The van der Waals surface area contributed by atoms with Crippen molar-refractivity contribution in [1.82, 2.24) is 0 Å². The number of nitrogen functional groups attached to an aromatic ring is 1. The molecule has 27 heavy (non-hydrogen) atoms. The van der Waals surface area contributed by atoms with Crippen molar-refractivity contribution in [1.29, 1.82) is 0 Å². The predicted octanol–water partition coefficient (Wildman–Crippen LogP) is 3.72. The highest BCUT2D eigenvalue weighted by Crippen LogP contribution is 2.38. The van der Waals surface area contributed by atoms with Gasteiger partial charge in [-0.2, -0.15) is 0 Å². The molecule has 0 unspecified atom stereocenters. The molecular weight excluding hydrogens is 340 g/mol. The molecule has 4 rings (SSSR count). The maximum absolute atomic E-state index is 13.2. The van der Waals surface area contributed by atoms with Gasteiger partial charge in [0, 0.05) is 35.7 Å². The van der Waals surface area contributed by atoms with Crippen molar-refractivity contribution in [3.63, 3.8) is 0 Å². The SMILES string of the molecule is COC1CCC(Nc2cc(C)c(N)c3c2C(=O)c2ccccc2C3=O)CC1. The van der Waals surface area contributed by atoms with Crippen LogP contribution in [0, 0.1) is 6.92 Å². The molecule has 0 heterocycles. The number of ether oxygens (including phenoxy) is 1. The zero-order chi connectivity index (χ0) is 19.1. The number of ketones is 2. The molecule has 0 saturated heterocycles. The number of hydrogen-bond donors (Lipinski definition) is 2. The first-order valence-electron chi connectivity index (χ1n) is 9.42. The molecule has 0 radical (unpaired) electrons. The third-order valence-electron chi connectivity index (χ3n) is 5.81. The summed E-state index contributed by atoms with van der Waals surface area (Å²) in [4.78, 5) is 26.3. The number of anilines is 2. The summed E-state index contributed by atoms with van der Waals surface area (Å²) in [5.41, 5.74) is 9.78. The molecule has 0 aliphatic heterocycles. The van der Waals surface area contributed by atoms with Crippen molar-refractivity contribution < 1.29 is 14.3 Å². The predicted molar refractivity (Wildman–Crippen MR) is 106 cm³/mol. The van der Waals surface area contributed by atoms with E-state index in [1.165, 1.54) is 0 Å². The lowest BCUT2D eigenvalue weighted by Crippen LogP contribution is -2.31. The number of rotatable bonds is 3. The van der Waals surface area contributed by atoms with Crippen LogP contribution in [0.4, 0.5) is 11.4 Å². The molecule has 2 aromatic carbocycles. The minimum absolute atomic E-state index is 0.139. The Morgan fingerprint density at radius 3 is 2.19 bits per heavy atom. The molecule has 2 aliphatic rings. The third kappa shape index (κ3) is 2.92. The summed E-state index contributed by atoms with van der Waals surface area (Å²) < 4.78 is 5.44. The number of carbonyl (C=O) groups is 2. The number of aryl methyl sites for hydroxylation is 1. The Labute approximate surface area is 158 Å². The van der Waals surface area contributed by atoms with Gasteiger partial charge >= 0.3 is 0 Å². The lowest BCUT2D eigenvalue weighted by atomic mass is 9.81. The molecule has 5 heteroatoms. The summed E-state index contributed by atoms with van der Waals surface area (Å²) in [5, 5.41) is 3.52. The van der Waals surface area contributed by atoms with Crippen LogP contribution < -0.4 is 11.1 Å². The van der Waals surface area contributed by atoms with Gasteiger partial charge in [-0.1, -0.05) is 24.3 Å². The van der Waals surface area contributed by atoms with Crippen molar-refractivity contribution in [2.24, 2.45) is 0 Å². The highest BCUT2D eigenvalue weighted by atomic mass is 16.5. The Hall–Kier alpha value is -2.66. The second-order valence-electron chi connectivity index (χ2n) is 7.46. The van der Waals surface area contributed by atoms with E-state index < -0.39 is 0 Å². The average molecular weight is 364 g/mol. The summed E-state index contributed by atoms with van der Waals surface area (Å²) in [6.07, 6.45) is 4.21. The summed E-state index contributed by atoms with van der Waals surface area (Å²) in [6.45, 7) is 1.88. The van der Waals surface area contributed by atoms with E-state index in [1.807, 2.05) is 13.0 Å². The second-order valence-corrected chi connectivity index (χ2v) is 7.46. The van der Waals surface area contributed by atoms with Gasteiger partial charge in [0.1, 0.15) is 0 Å². The monoisotopic (exact) mass is 364 g/mol. The zero-order valence-corrected chi connectivity index (χ0v) is 15.7. The standard InChI is InChI=1S/C22H24N2O3/c1-12-11-17(24-13-7-9-14(27-2)10-8-13)18-19(20(12)23)22(26)16-6-4-3-5-15(16)21(18)25/h3-6,11,13-14,24H,7-10,23H2,1-2H3. The van der Waals surface area contributed by atoms with Gasteiger partial charge in [-0.05, 0) is 44.2 Å². The number of fused-ring (bicyclic) bond motifs is 2. The highest BCUT2D eigenvalue weighted by Gasteiger charge is 2.34. The zero-order valence-electron chi connectivity index (χ0n) is 15.7. The minimum atomic E-state index is -0.174. The van der Waals surface area contributed by atoms with Gasteiger partial charge in [-0.3, -0.25) is 9.59 Å². The first-order chi connectivity index (χ1) is 13.0. The molecule has 2 aromatic rings. The molecular formula is C22H24N2O3. The summed E-state index contributed by atoms with van der Waals surface area (Å²) >= 11 is 0. The first kappa shape index (κ1) is 17.7. The Balaban J connectivity index is 1.76. The number of carbonyl (C=O) groups excluding carboxylic acids is 2. The van der Waals surface area contributed by atoms with E-state index in [2.05, 4.69) is 5.32 Å². The van der Waals surface area contributed by atoms with Crippen LogP contribution in [0.1, 0.15) is 63.1 Å². The fourth-order valence-electron chi connectivity index (χ4n) is 4.23. The average Bonchev–Trinajstić information content (AvgIpc) is 2.69. The number of nitrogens with one attached hydrogen (secondary N) is 1. The summed E-state index contributed by atoms with van der Waals surface area (Å²) in [7, 11) is 1.75. The topological polar surface area (TPSA) is 81.4 Å². The Kier molecular flexibility index (Phi) is 4.48. The number of benzene rings is 2. The van der Waals surface area contributed by atoms with Gasteiger partial charge in [0.05, 0.1) is 17.2 Å². The molecule has 0 aromatic heterocycles. The largest absolute Gasteiger partial charge is 0.398 e.